The summed E-state index contributed by atoms with van der Waals surface area (Å²) in [5, 5.41) is 31.2. The largest absolute Gasteiger partial charge is 0.516 e. The van der Waals surface area contributed by atoms with Crippen LogP contribution in [0, 0.1) is 13.8 Å². The molecule has 0 spiro atoms. The summed E-state index contributed by atoms with van der Waals surface area (Å²) in [4.78, 5) is 11.8. The lowest BCUT2D eigenvalue weighted by Gasteiger charge is -2.13. The fourth-order valence-corrected chi connectivity index (χ4v) is 2.09. The van der Waals surface area contributed by atoms with E-state index in [4.69, 9.17) is 9.84 Å². The van der Waals surface area contributed by atoms with Crippen LogP contribution in [0.5, 0.6) is 23.0 Å². The number of hydrogen-bond acceptors (Lipinski definition) is 5. The number of carbonyl (C=O) groups is 1. The average molecular weight is 341 g/mol. The minimum Gasteiger partial charge on any atom is -0.516 e. The van der Waals surface area contributed by atoms with Gasteiger partial charge in [0.1, 0.15) is 0 Å². The van der Waals surface area contributed by atoms with Crippen molar-refractivity contribution in [2.45, 2.75) is 13.8 Å². The Bertz CT molecular complexity index is 840. The van der Waals surface area contributed by atoms with E-state index in [-0.39, 0.29) is 23.0 Å². The first-order valence-corrected chi connectivity index (χ1v) is 7.50. The second kappa shape index (κ2) is 7.92. The van der Waals surface area contributed by atoms with Gasteiger partial charge in [0.25, 0.3) is 0 Å². The molecule has 0 aliphatic heterocycles. The van der Waals surface area contributed by atoms with Gasteiger partial charge in [0, 0.05) is 17.8 Å². The Morgan fingerprint density at radius 1 is 1.04 bits per heavy atom. The van der Waals surface area contributed by atoms with Crippen LogP contribution in [0.3, 0.4) is 0 Å². The fourth-order valence-electron chi connectivity index (χ4n) is 2.09. The molecule has 0 fully saturated rings. The lowest BCUT2D eigenvalue weighted by atomic mass is 10.1. The van der Waals surface area contributed by atoms with E-state index in [9.17, 15) is 15.0 Å². The van der Waals surface area contributed by atoms with Gasteiger partial charge in [-0.1, -0.05) is 12.1 Å². The summed E-state index contributed by atoms with van der Waals surface area (Å²) in [5.41, 5.74) is 1.95. The highest BCUT2D eigenvalue weighted by atomic mass is 16.5. The van der Waals surface area contributed by atoms with Crippen LogP contribution in [0.4, 0.5) is 5.69 Å². The first-order chi connectivity index (χ1) is 11.9. The highest BCUT2D eigenvalue weighted by Gasteiger charge is 2.12. The van der Waals surface area contributed by atoms with E-state index in [0.717, 1.165) is 11.8 Å². The minimum absolute atomic E-state index is 0.0516. The molecule has 0 bridgehead atoms. The summed E-state index contributed by atoms with van der Waals surface area (Å²) in [5.74, 6) is -0.288. The Morgan fingerprint density at radius 2 is 1.76 bits per heavy atom. The normalized spacial score (nSPS) is 11.1. The molecule has 4 N–H and O–H groups in total. The topological polar surface area (TPSA) is 99.0 Å². The van der Waals surface area contributed by atoms with Gasteiger partial charge in [0.15, 0.2) is 23.0 Å². The molecular formula is C19H19NO5. The summed E-state index contributed by atoms with van der Waals surface area (Å²) in [6, 6.07) is 7.82. The number of benzene rings is 2. The van der Waals surface area contributed by atoms with E-state index in [0.29, 0.717) is 11.3 Å². The molecule has 2 rings (SSSR count). The molecule has 6 heteroatoms. The van der Waals surface area contributed by atoms with Crippen molar-refractivity contribution in [2.24, 2.45) is 0 Å². The van der Waals surface area contributed by atoms with E-state index in [1.165, 1.54) is 30.4 Å². The third-order valence-corrected chi connectivity index (χ3v) is 3.34. The van der Waals surface area contributed by atoms with Crippen molar-refractivity contribution in [1.29, 1.82) is 0 Å². The lowest BCUT2D eigenvalue weighted by molar-refractivity contribution is -0.111. The zero-order chi connectivity index (χ0) is 18.4. The number of phenols is 2. The average Bonchev–Trinajstić information content (AvgIpc) is 2.54. The second-order valence-electron chi connectivity index (χ2n) is 5.40. The van der Waals surface area contributed by atoms with Crippen LogP contribution in [-0.2, 0) is 4.79 Å². The number of aryl methyl sites for hydroxylation is 2. The number of nitrogens with one attached hydrogen (secondary N) is 1. The smallest absolute Gasteiger partial charge is 0.248 e. The maximum Gasteiger partial charge on any atom is 0.248 e. The summed E-state index contributed by atoms with van der Waals surface area (Å²) < 4.78 is 5.56. The van der Waals surface area contributed by atoms with Gasteiger partial charge in [-0.05, 0) is 49.2 Å². The monoisotopic (exact) mass is 341 g/mol. The molecule has 0 unspecified atom stereocenters. The van der Waals surface area contributed by atoms with Crippen LogP contribution >= 0.6 is 0 Å². The second-order valence-corrected chi connectivity index (χ2v) is 5.40. The molecular weight excluding hydrogens is 322 g/mol. The molecule has 2 aromatic carbocycles. The molecule has 0 heterocycles. The van der Waals surface area contributed by atoms with Crippen molar-refractivity contribution >= 4 is 11.6 Å². The van der Waals surface area contributed by atoms with E-state index < -0.39 is 5.91 Å². The molecule has 0 saturated heterocycles. The Morgan fingerprint density at radius 3 is 2.44 bits per heavy atom. The Labute approximate surface area is 145 Å². The summed E-state index contributed by atoms with van der Waals surface area (Å²) in [6.45, 7) is 3.56. The number of phenolic OH excluding ortho intramolecular Hbond substituents is 2. The lowest BCUT2D eigenvalue weighted by Crippen LogP contribution is -2.09. The van der Waals surface area contributed by atoms with Crippen LogP contribution in [0.25, 0.3) is 0 Å². The van der Waals surface area contributed by atoms with Gasteiger partial charge < -0.3 is 25.4 Å². The maximum absolute atomic E-state index is 11.8. The molecule has 0 aromatic heterocycles. The number of aliphatic hydroxyl groups is 1. The minimum atomic E-state index is -0.406. The van der Waals surface area contributed by atoms with Crippen molar-refractivity contribution in [2.75, 3.05) is 5.32 Å². The van der Waals surface area contributed by atoms with Gasteiger partial charge in [-0.15, -0.1) is 0 Å². The zero-order valence-electron chi connectivity index (χ0n) is 13.9. The predicted octanol–water partition coefficient (Wildman–Crippen LogP) is 4.07. The van der Waals surface area contributed by atoms with Crippen LogP contribution in [0.15, 0.2) is 54.8 Å². The summed E-state index contributed by atoms with van der Waals surface area (Å²) >= 11 is 0. The molecule has 0 radical (unpaired) electrons. The molecule has 25 heavy (non-hydrogen) atoms. The number of hydrogen-bond donors (Lipinski definition) is 4. The highest BCUT2D eigenvalue weighted by molar-refractivity contribution is 6.00. The number of ether oxygens (including phenoxy) is 1. The fraction of sp³-hybridized carbons (Fsp3) is 0.105. The van der Waals surface area contributed by atoms with Gasteiger partial charge in [0.2, 0.25) is 5.91 Å². The molecule has 1 amide bonds. The quantitative estimate of drug-likeness (QED) is 0.284. The van der Waals surface area contributed by atoms with Crippen molar-refractivity contribution in [3.63, 3.8) is 0 Å². The van der Waals surface area contributed by atoms with Gasteiger partial charge in [-0.25, -0.2) is 0 Å². The number of aromatic hydroxyl groups is 2. The third-order valence-electron chi connectivity index (χ3n) is 3.34. The predicted molar refractivity (Wildman–Crippen MR) is 95.3 cm³/mol. The number of amides is 1. The van der Waals surface area contributed by atoms with Crippen molar-refractivity contribution in [3.8, 4) is 23.0 Å². The number of aliphatic hydroxyl groups excluding tert-OH is 1. The zero-order valence-corrected chi connectivity index (χ0v) is 13.9. The summed E-state index contributed by atoms with van der Waals surface area (Å²) in [7, 11) is 0. The van der Waals surface area contributed by atoms with Crippen molar-refractivity contribution < 1.29 is 24.9 Å². The standard InChI is InChI=1S/C19H19NO5/c1-12-6-7-17(15(22)9-12)25-18-11-14(13(2)10-16(18)23)20-19(24)5-3-4-8-21/h3-11,21-23H,1-2H3,(H,20,24)/b5-3+,8-4-. The molecule has 0 aliphatic carbocycles. The van der Waals surface area contributed by atoms with E-state index in [1.807, 2.05) is 6.92 Å². The van der Waals surface area contributed by atoms with Crippen LogP contribution in [0.1, 0.15) is 11.1 Å². The Hall–Kier alpha value is -3.41. The van der Waals surface area contributed by atoms with E-state index in [2.05, 4.69) is 5.32 Å². The molecule has 0 aliphatic rings. The van der Waals surface area contributed by atoms with Gasteiger partial charge in [-0.2, -0.15) is 0 Å². The van der Waals surface area contributed by atoms with Gasteiger partial charge in [0.05, 0.1) is 6.26 Å². The van der Waals surface area contributed by atoms with Crippen molar-refractivity contribution in [3.05, 3.63) is 65.9 Å². The number of carbonyl (C=O) groups excluding carboxylic acids is 1. The molecule has 130 valence electrons. The Balaban J connectivity index is 2.26. The number of allylic oxidation sites excluding steroid dienone is 2. The number of rotatable bonds is 5. The van der Waals surface area contributed by atoms with Crippen LogP contribution in [0.2, 0.25) is 0 Å². The van der Waals surface area contributed by atoms with Gasteiger partial charge >= 0.3 is 0 Å². The molecule has 0 saturated carbocycles. The first kappa shape index (κ1) is 17.9. The number of anilines is 1. The van der Waals surface area contributed by atoms with Crippen molar-refractivity contribution in [1.82, 2.24) is 0 Å². The Kier molecular flexibility index (Phi) is 5.68. The molecule has 0 atom stereocenters. The molecule has 6 nitrogen and oxygen atoms in total. The van der Waals surface area contributed by atoms with E-state index >= 15 is 0 Å². The SMILES string of the molecule is Cc1ccc(Oc2cc(NC(=O)/C=C/C=C\O)c(C)cc2O)c(O)c1. The van der Waals surface area contributed by atoms with Crippen LogP contribution in [-0.4, -0.2) is 21.2 Å². The van der Waals surface area contributed by atoms with Gasteiger partial charge in [-0.3, -0.25) is 4.79 Å². The third kappa shape index (κ3) is 4.78. The maximum atomic E-state index is 11.8. The van der Waals surface area contributed by atoms with E-state index in [1.54, 1.807) is 25.1 Å². The summed E-state index contributed by atoms with van der Waals surface area (Å²) in [6.07, 6.45) is 4.74. The first-order valence-electron chi connectivity index (χ1n) is 7.50. The highest BCUT2D eigenvalue weighted by Crippen LogP contribution is 2.38. The molecule has 2 aromatic rings. The van der Waals surface area contributed by atoms with Crippen LogP contribution < -0.4 is 10.1 Å².